The van der Waals surface area contributed by atoms with Crippen molar-refractivity contribution in [3.63, 3.8) is 0 Å². The predicted molar refractivity (Wildman–Crippen MR) is 160 cm³/mol. The van der Waals surface area contributed by atoms with Gasteiger partial charge in [-0.05, 0) is 103 Å². The number of hydrogen-bond acceptors (Lipinski definition) is 8. The van der Waals surface area contributed by atoms with Crippen molar-refractivity contribution in [3.05, 3.63) is 53.1 Å². The summed E-state index contributed by atoms with van der Waals surface area (Å²) < 4.78 is 26.8. The standard InChI is InChI=1S/C33H39FN2O6S/c1-5-43-28(39)18-41-30(40)33(42-19(2)37)13-12-25-24-11-6-21-14-26-20(17-35-36(26)23-9-7-22(34)8-10-23)15-31(21,3)29(24)27(38)16-32(25,33)4/h7-10,14,17,24-25,27,29,38H,5-6,11-13,15-16,18H2,1-4H3/t24-,25-,27-,29+,31-,32-,33-/m0/s1. The van der Waals surface area contributed by atoms with E-state index in [1.807, 2.05) is 24.7 Å². The maximum atomic E-state index is 13.7. The second kappa shape index (κ2) is 10.9. The van der Waals surface area contributed by atoms with E-state index in [-0.39, 0.29) is 47.1 Å². The van der Waals surface area contributed by atoms with Crippen molar-refractivity contribution in [1.82, 2.24) is 9.78 Å². The van der Waals surface area contributed by atoms with Gasteiger partial charge in [0.15, 0.2) is 6.61 Å². The summed E-state index contributed by atoms with van der Waals surface area (Å²) >= 11 is 1.08. The Bertz CT molecular complexity index is 1490. The summed E-state index contributed by atoms with van der Waals surface area (Å²) in [4.78, 5) is 38.3. The molecule has 3 fully saturated rings. The minimum Gasteiger partial charge on any atom is -0.454 e. The van der Waals surface area contributed by atoms with E-state index in [0.717, 1.165) is 41.5 Å². The highest BCUT2D eigenvalue weighted by molar-refractivity contribution is 8.13. The number of fused-ring (bicyclic) bond motifs is 6. The van der Waals surface area contributed by atoms with Gasteiger partial charge in [0.05, 0.1) is 23.7 Å². The number of esters is 2. The predicted octanol–water partition coefficient (Wildman–Crippen LogP) is 5.29. The molecule has 4 aliphatic rings. The number of benzene rings is 1. The molecule has 1 N–H and O–H groups in total. The summed E-state index contributed by atoms with van der Waals surface area (Å²) in [6.45, 7) is 6.95. The molecule has 0 spiro atoms. The molecule has 230 valence electrons. The summed E-state index contributed by atoms with van der Waals surface area (Å²) in [6.07, 6.45) is 6.95. The van der Waals surface area contributed by atoms with Gasteiger partial charge >= 0.3 is 11.9 Å². The molecule has 1 heterocycles. The van der Waals surface area contributed by atoms with E-state index >= 15 is 0 Å². The molecule has 0 unspecified atom stereocenters. The number of nitrogens with zero attached hydrogens (tertiary/aromatic N) is 2. The van der Waals surface area contributed by atoms with Crippen molar-refractivity contribution in [2.75, 3.05) is 12.4 Å². The van der Waals surface area contributed by atoms with Gasteiger partial charge in [0.25, 0.3) is 0 Å². The molecule has 10 heteroatoms. The van der Waals surface area contributed by atoms with Crippen LogP contribution in [0.4, 0.5) is 4.39 Å². The van der Waals surface area contributed by atoms with Crippen molar-refractivity contribution in [1.29, 1.82) is 0 Å². The van der Waals surface area contributed by atoms with E-state index < -0.39 is 29.1 Å². The van der Waals surface area contributed by atoms with E-state index in [4.69, 9.17) is 9.47 Å². The largest absolute Gasteiger partial charge is 0.454 e. The SMILES string of the molecule is CCSC(=O)COC(=O)[C@@]1(OC(C)=O)CC[C@H]2[C@@H]3CCC4=Cc5c(cnn5-c5ccc(F)cc5)C[C@]4(C)[C@H]3[C@@H](O)C[C@@]21C. The summed E-state index contributed by atoms with van der Waals surface area (Å²) in [6, 6.07) is 6.30. The highest BCUT2D eigenvalue weighted by Crippen LogP contribution is 2.68. The zero-order chi connectivity index (χ0) is 30.7. The van der Waals surface area contributed by atoms with Gasteiger partial charge in [-0.1, -0.05) is 38.1 Å². The Morgan fingerprint density at radius 2 is 1.93 bits per heavy atom. The van der Waals surface area contributed by atoms with Crippen LogP contribution in [0, 0.1) is 34.4 Å². The third-order valence-electron chi connectivity index (χ3n) is 10.9. The Morgan fingerprint density at radius 1 is 1.19 bits per heavy atom. The molecule has 3 saturated carbocycles. The number of thioether (sulfide) groups is 1. The second-order valence-electron chi connectivity index (χ2n) is 13.1. The first-order chi connectivity index (χ1) is 20.4. The molecule has 0 saturated heterocycles. The number of ether oxygens (including phenoxy) is 2. The summed E-state index contributed by atoms with van der Waals surface area (Å²) in [5.41, 5.74) is 1.41. The normalized spacial score (nSPS) is 34.2. The number of hydrogen-bond donors (Lipinski definition) is 1. The summed E-state index contributed by atoms with van der Waals surface area (Å²) in [7, 11) is 0. The summed E-state index contributed by atoms with van der Waals surface area (Å²) in [5.74, 6) is -0.925. The lowest BCUT2D eigenvalue weighted by molar-refractivity contribution is -0.213. The molecule has 8 nitrogen and oxygen atoms in total. The van der Waals surface area contributed by atoms with E-state index in [2.05, 4.69) is 18.1 Å². The zero-order valence-electron chi connectivity index (χ0n) is 25.1. The fraction of sp³-hybridized carbons (Fsp3) is 0.576. The first-order valence-electron chi connectivity index (χ1n) is 15.2. The van der Waals surface area contributed by atoms with Gasteiger partial charge in [-0.2, -0.15) is 5.10 Å². The number of carbonyl (C=O) groups excluding carboxylic acids is 3. The lowest BCUT2D eigenvalue weighted by Gasteiger charge is -2.60. The molecule has 43 heavy (non-hydrogen) atoms. The van der Waals surface area contributed by atoms with E-state index in [1.54, 1.807) is 12.1 Å². The van der Waals surface area contributed by atoms with Crippen molar-refractivity contribution in [3.8, 4) is 5.69 Å². The fourth-order valence-corrected chi connectivity index (χ4v) is 9.66. The fourth-order valence-electron chi connectivity index (χ4n) is 9.19. The quantitative estimate of drug-likeness (QED) is 0.440. The monoisotopic (exact) mass is 610 g/mol. The van der Waals surface area contributed by atoms with Gasteiger partial charge in [-0.25, -0.2) is 13.9 Å². The molecule has 7 atom stereocenters. The van der Waals surface area contributed by atoms with Crippen molar-refractivity contribution in [2.24, 2.45) is 28.6 Å². The third kappa shape index (κ3) is 4.67. The van der Waals surface area contributed by atoms with Gasteiger partial charge in [0.2, 0.25) is 10.7 Å². The molecular formula is C33H39FN2O6S. The highest BCUT2D eigenvalue weighted by atomic mass is 32.2. The molecule has 0 amide bonds. The van der Waals surface area contributed by atoms with Crippen molar-refractivity contribution >= 4 is 34.9 Å². The topological polar surface area (TPSA) is 108 Å². The number of rotatable bonds is 6. The van der Waals surface area contributed by atoms with Crippen LogP contribution in [-0.4, -0.2) is 56.0 Å². The van der Waals surface area contributed by atoms with Crippen LogP contribution in [0.5, 0.6) is 0 Å². The average molecular weight is 611 g/mol. The van der Waals surface area contributed by atoms with Gasteiger partial charge in [-0.3, -0.25) is 9.59 Å². The van der Waals surface area contributed by atoms with Crippen molar-refractivity contribution in [2.45, 2.75) is 77.9 Å². The number of allylic oxidation sites excluding steroid dienone is 1. The third-order valence-corrected chi connectivity index (χ3v) is 11.6. The molecule has 2 aromatic rings. The number of aromatic nitrogens is 2. The smallest absolute Gasteiger partial charge is 0.351 e. The van der Waals surface area contributed by atoms with Crippen LogP contribution < -0.4 is 0 Å². The van der Waals surface area contributed by atoms with Gasteiger partial charge in [0, 0.05) is 12.3 Å². The molecule has 0 bridgehead atoms. The van der Waals surface area contributed by atoms with Gasteiger partial charge in [0.1, 0.15) is 5.82 Å². The first kappa shape index (κ1) is 30.1. The van der Waals surface area contributed by atoms with E-state index in [0.29, 0.717) is 25.0 Å². The first-order valence-corrected chi connectivity index (χ1v) is 16.2. The zero-order valence-corrected chi connectivity index (χ0v) is 25.9. The molecular weight excluding hydrogens is 571 g/mol. The summed E-state index contributed by atoms with van der Waals surface area (Å²) in [5, 5.41) is 16.4. The minimum atomic E-state index is -1.56. The van der Waals surface area contributed by atoms with Crippen LogP contribution in [-0.2, 0) is 30.3 Å². The number of carbonyl (C=O) groups is 3. The maximum Gasteiger partial charge on any atom is 0.351 e. The number of aliphatic hydroxyl groups excluding tert-OH is 1. The van der Waals surface area contributed by atoms with Crippen LogP contribution in [0.15, 0.2) is 36.0 Å². The Balaban J connectivity index is 1.31. The number of aliphatic hydroxyl groups is 1. The Morgan fingerprint density at radius 3 is 2.63 bits per heavy atom. The second-order valence-corrected chi connectivity index (χ2v) is 14.4. The van der Waals surface area contributed by atoms with Crippen LogP contribution in [0.25, 0.3) is 11.8 Å². The average Bonchev–Trinajstić information content (AvgIpc) is 3.48. The lowest BCUT2D eigenvalue weighted by atomic mass is 9.45. The minimum absolute atomic E-state index is 0.0234. The van der Waals surface area contributed by atoms with Crippen LogP contribution >= 0.6 is 11.8 Å². The highest BCUT2D eigenvalue weighted by Gasteiger charge is 2.71. The molecule has 4 aliphatic carbocycles. The molecule has 0 radical (unpaired) electrons. The maximum absolute atomic E-state index is 13.7. The van der Waals surface area contributed by atoms with E-state index in [1.165, 1.54) is 24.6 Å². The molecule has 1 aromatic heterocycles. The number of halogens is 1. The molecule has 1 aromatic carbocycles. The van der Waals surface area contributed by atoms with E-state index in [9.17, 15) is 23.9 Å². The Labute approximate surface area is 255 Å². The van der Waals surface area contributed by atoms with Crippen molar-refractivity contribution < 1.29 is 33.4 Å². The van der Waals surface area contributed by atoms with Crippen LogP contribution in [0.2, 0.25) is 0 Å². The lowest BCUT2D eigenvalue weighted by Crippen LogP contribution is -2.63. The molecule has 6 rings (SSSR count). The van der Waals surface area contributed by atoms with Gasteiger partial charge < -0.3 is 14.6 Å². The Kier molecular flexibility index (Phi) is 7.60. The van der Waals surface area contributed by atoms with Crippen LogP contribution in [0.1, 0.15) is 71.1 Å². The molecule has 0 aliphatic heterocycles. The van der Waals surface area contributed by atoms with Crippen LogP contribution in [0.3, 0.4) is 0 Å². The van der Waals surface area contributed by atoms with Gasteiger partial charge in [-0.15, -0.1) is 0 Å². The Hall–Kier alpha value is -2.98.